The predicted molar refractivity (Wildman–Crippen MR) is 130 cm³/mol. The van der Waals surface area contributed by atoms with E-state index in [1.807, 2.05) is 36.4 Å². The molecule has 0 aliphatic carbocycles. The highest BCUT2D eigenvalue weighted by Gasteiger charge is 2.21. The van der Waals surface area contributed by atoms with E-state index >= 15 is 0 Å². The second-order valence-corrected chi connectivity index (χ2v) is 8.79. The van der Waals surface area contributed by atoms with Gasteiger partial charge in [-0.3, -0.25) is 4.79 Å². The first-order chi connectivity index (χ1) is 16.7. The van der Waals surface area contributed by atoms with Crippen LogP contribution in [0.1, 0.15) is 36.0 Å². The van der Waals surface area contributed by atoms with Gasteiger partial charge in [0.2, 0.25) is 11.8 Å². The fraction of sp³-hybridized carbons (Fsp3) is 0.440. The fourth-order valence-corrected chi connectivity index (χ4v) is 4.42. The lowest BCUT2D eigenvalue weighted by molar-refractivity contribution is 0.0952. The predicted octanol–water partition coefficient (Wildman–Crippen LogP) is 2.66. The molecule has 1 atom stereocenters. The van der Waals surface area contributed by atoms with Crippen molar-refractivity contribution < 1.29 is 14.3 Å². The Labute approximate surface area is 198 Å². The Hall–Kier alpha value is -3.30. The molecule has 2 aliphatic rings. The van der Waals surface area contributed by atoms with Crippen molar-refractivity contribution in [2.45, 2.75) is 31.8 Å². The maximum atomic E-state index is 12.5. The number of likely N-dealkylation sites (tertiary alicyclic amines) is 1. The number of carbonyl (C=O) groups excluding carboxylic acids is 1. The van der Waals surface area contributed by atoms with E-state index in [9.17, 15) is 4.79 Å². The molecular weight excluding hydrogens is 432 g/mol. The van der Waals surface area contributed by atoms with Crippen LogP contribution in [0.5, 0.6) is 5.88 Å². The molecule has 1 amide bonds. The van der Waals surface area contributed by atoms with Gasteiger partial charge in [0.25, 0.3) is 5.91 Å². The van der Waals surface area contributed by atoms with E-state index in [1.54, 1.807) is 0 Å². The van der Waals surface area contributed by atoms with Crippen LogP contribution in [0.15, 0.2) is 36.4 Å². The molecule has 9 heteroatoms. The number of nitrogen functional groups attached to an aromatic ring is 1. The number of rotatable bonds is 8. The Morgan fingerprint density at radius 3 is 2.71 bits per heavy atom. The molecule has 9 nitrogen and oxygen atoms in total. The lowest BCUT2D eigenvalue weighted by atomic mass is 10.1. The van der Waals surface area contributed by atoms with Crippen molar-refractivity contribution in [2.75, 3.05) is 45.1 Å². The van der Waals surface area contributed by atoms with Crippen molar-refractivity contribution >= 4 is 22.9 Å². The van der Waals surface area contributed by atoms with E-state index in [4.69, 9.17) is 20.2 Å². The number of fused-ring (bicyclic) bond motifs is 1. The lowest BCUT2D eigenvalue weighted by Gasteiger charge is -2.14. The largest absolute Gasteiger partial charge is 0.470 e. The van der Waals surface area contributed by atoms with E-state index in [-0.39, 0.29) is 18.0 Å². The number of nitrogens with zero attached hydrogens (tertiary/aromatic N) is 4. The average molecular weight is 463 g/mol. The summed E-state index contributed by atoms with van der Waals surface area (Å²) in [6.45, 7) is 5.27. The molecule has 4 heterocycles. The van der Waals surface area contributed by atoms with Crippen molar-refractivity contribution in [2.24, 2.45) is 0 Å². The zero-order valence-corrected chi connectivity index (χ0v) is 19.2. The maximum Gasteiger partial charge on any atom is 0.251 e. The minimum atomic E-state index is -0.0731. The Bertz CT molecular complexity index is 1140. The molecule has 3 aromatic rings. The van der Waals surface area contributed by atoms with Gasteiger partial charge in [-0.05, 0) is 63.2 Å². The van der Waals surface area contributed by atoms with Crippen LogP contribution in [0.2, 0.25) is 0 Å². The third kappa shape index (κ3) is 5.26. The van der Waals surface area contributed by atoms with Gasteiger partial charge in [0.1, 0.15) is 6.10 Å². The van der Waals surface area contributed by atoms with Gasteiger partial charge in [0.05, 0.1) is 24.4 Å². The lowest BCUT2D eigenvalue weighted by Crippen LogP contribution is -2.28. The zero-order chi connectivity index (χ0) is 23.3. The Morgan fingerprint density at radius 1 is 1.12 bits per heavy atom. The number of benzene rings is 1. The van der Waals surface area contributed by atoms with Crippen molar-refractivity contribution in [3.63, 3.8) is 0 Å². The first-order valence-electron chi connectivity index (χ1n) is 12.0. The van der Waals surface area contributed by atoms with E-state index in [2.05, 4.69) is 20.2 Å². The third-order valence-corrected chi connectivity index (χ3v) is 6.27. The molecule has 3 N–H and O–H groups in total. The van der Waals surface area contributed by atoms with Crippen LogP contribution in [0, 0.1) is 0 Å². The van der Waals surface area contributed by atoms with Crippen LogP contribution in [0.3, 0.4) is 0 Å². The molecule has 0 bridgehead atoms. The van der Waals surface area contributed by atoms with E-state index in [0.717, 1.165) is 30.6 Å². The molecule has 0 radical (unpaired) electrons. The van der Waals surface area contributed by atoms with Crippen LogP contribution < -0.4 is 15.8 Å². The third-order valence-electron chi connectivity index (χ3n) is 6.27. The highest BCUT2D eigenvalue weighted by atomic mass is 16.5. The van der Waals surface area contributed by atoms with Gasteiger partial charge in [0.15, 0.2) is 5.52 Å². The van der Waals surface area contributed by atoms with E-state index in [0.29, 0.717) is 42.2 Å². The topological polar surface area (TPSA) is 115 Å². The summed E-state index contributed by atoms with van der Waals surface area (Å²) in [5.74, 6) is 0.453. The summed E-state index contributed by atoms with van der Waals surface area (Å²) in [4.78, 5) is 28.3. The standard InChI is InChI=1S/C25H30N6O3/c26-25-29-21-9-8-20(28-22(21)24(30-25)34-19-10-15-33-16-19)17-4-6-18(7-5-17)23(32)27-11-3-14-31-12-1-2-13-31/h4-9,19H,1-3,10-16H2,(H,27,32)(H2,26,29,30)/t19-/m0/s1. The molecule has 2 aliphatic heterocycles. The SMILES string of the molecule is Nc1nc(O[C@H]2CCOC2)c2nc(-c3ccc(C(=O)NCCCN4CCCC4)cc3)ccc2n1. The maximum absolute atomic E-state index is 12.5. The van der Waals surface area contributed by atoms with Crippen LogP contribution >= 0.6 is 0 Å². The smallest absolute Gasteiger partial charge is 0.251 e. The minimum Gasteiger partial charge on any atom is -0.470 e. The zero-order valence-electron chi connectivity index (χ0n) is 19.2. The van der Waals surface area contributed by atoms with E-state index in [1.165, 1.54) is 25.9 Å². The van der Waals surface area contributed by atoms with Crippen LogP contribution in [0.4, 0.5) is 5.95 Å². The second-order valence-electron chi connectivity index (χ2n) is 8.79. The number of nitrogens with two attached hydrogens (primary N) is 1. The van der Waals surface area contributed by atoms with Gasteiger partial charge < -0.3 is 25.4 Å². The van der Waals surface area contributed by atoms with Gasteiger partial charge in [-0.15, -0.1) is 0 Å². The number of amides is 1. The molecule has 0 spiro atoms. The molecular formula is C25H30N6O3. The Balaban J connectivity index is 1.26. The van der Waals surface area contributed by atoms with Gasteiger partial charge in [-0.1, -0.05) is 12.1 Å². The quantitative estimate of drug-likeness (QED) is 0.491. The summed E-state index contributed by atoms with van der Waals surface area (Å²) >= 11 is 0. The highest BCUT2D eigenvalue weighted by molar-refractivity contribution is 5.94. The molecule has 0 unspecified atom stereocenters. The molecule has 178 valence electrons. The summed E-state index contributed by atoms with van der Waals surface area (Å²) in [6.07, 6.45) is 4.27. The monoisotopic (exact) mass is 462 g/mol. The number of anilines is 1. The van der Waals surface area contributed by atoms with Crippen molar-refractivity contribution in [3.8, 4) is 17.1 Å². The number of carbonyl (C=O) groups is 1. The van der Waals surface area contributed by atoms with Crippen molar-refractivity contribution in [3.05, 3.63) is 42.0 Å². The molecule has 0 saturated carbocycles. The number of hydrogen-bond donors (Lipinski definition) is 2. The molecule has 1 aromatic carbocycles. The van der Waals surface area contributed by atoms with Gasteiger partial charge in [-0.25, -0.2) is 9.97 Å². The molecule has 2 saturated heterocycles. The van der Waals surface area contributed by atoms with Crippen LogP contribution in [0.25, 0.3) is 22.3 Å². The fourth-order valence-electron chi connectivity index (χ4n) is 4.42. The number of nitrogens with one attached hydrogen (secondary N) is 1. The number of ether oxygens (including phenoxy) is 2. The summed E-state index contributed by atoms with van der Waals surface area (Å²) in [7, 11) is 0. The highest BCUT2D eigenvalue weighted by Crippen LogP contribution is 2.27. The average Bonchev–Trinajstić information content (AvgIpc) is 3.56. The normalized spacial score (nSPS) is 18.4. The Morgan fingerprint density at radius 2 is 1.94 bits per heavy atom. The summed E-state index contributed by atoms with van der Waals surface area (Å²) < 4.78 is 11.4. The van der Waals surface area contributed by atoms with Gasteiger partial charge in [0, 0.05) is 24.1 Å². The molecule has 5 rings (SSSR count). The van der Waals surface area contributed by atoms with Crippen molar-refractivity contribution in [1.29, 1.82) is 0 Å². The number of pyridine rings is 1. The van der Waals surface area contributed by atoms with Crippen LogP contribution in [-0.4, -0.2) is 71.3 Å². The van der Waals surface area contributed by atoms with E-state index < -0.39 is 0 Å². The first-order valence-corrected chi connectivity index (χ1v) is 12.0. The van der Waals surface area contributed by atoms with Gasteiger partial charge in [-0.2, -0.15) is 4.98 Å². The summed E-state index contributed by atoms with van der Waals surface area (Å²) in [6, 6.07) is 11.2. The molecule has 2 aromatic heterocycles. The minimum absolute atomic E-state index is 0.0576. The Kier molecular flexibility index (Phi) is 6.82. The number of aromatic nitrogens is 3. The summed E-state index contributed by atoms with van der Waals surface area (Å²) in [5.41, 5.74) is 9.30. The molecule has 2 fully saturated rings. The van der Waals surface area contributed by atoms with Crippen LogP contribution in [-0.2, 0) is 4.74 Å². The number of hydrogen-bond acceptors (Lipinski definition) is 8. The van der Waals surface area contributed by atoms with Crippen molar-refractivity contribution in [1.82, 2.24) is 25.2 Å². The molecule has 34 heavy (non-hydrogen) atoms. The second kappa shape index (κ2) is 10.3. The van der Waals surface area contributed by atoms with Gasteiger partial charge >= 0.3 is 0 Å². The summed E-state index contributed by atoms with van der Waals surface area (Å²) in [5, 5.41) is 3.02. The first kappa shape index (κ1) is 22.5.